The number of benzene rings is 1. The number of nitrogens with zero attached hydrogens (tertiary/aromatic N) is 1. The topological polar surface area (TPSA) is 73.1 Å². The highest BCUT2D eigenvalue weighted by Gasteiger charge is 2.16. The second kappa shape index (κ2) is 5.29. The first-order valence-electron chi connectivity index (χ1n) is 5.53. The van der Waals surface area contributed by atoms with Crippen LogP contribution in [0.25, 0.3) is 0 Å². The van der Waals surface area contributed by atoms with Gasteiger partial charge in [-0.1, -0.05) is 36.4 Å². The summed E-state index contributed by atoms with van der Waals surface area (Å²) >= 11 is 0. The molecule has 18 heavy (non-hydrogen) atoms. The summed E-state index contributed by atoms with van der Waals surface area (Å²) in [5.74, 6) is -0.0389. The van der Waals surface area contributed by atoms with Crippen LogP contribution in [0.2, 0.25) is 0 Å². The molecule has 0 aliphatic carbocycles. The molecule has 1 aromatic carbocycles. The molecule has 0 unspecified atom stereocenters. The van der Waals surface area contributed by atoms with Crippen LogP contribution >= 0.6 is 0 Å². The minimum atomic E-state index is -3.39. The predicted octanol–water partition coefficient (Wildman–Crippen LogP) is 1.51. The van der Waals surface area contributed by atoms with Crippen LogP contribution in [0, 0.1) is 0 Å². The predicted molar refractivity (Wildman–Crippen MR) is 69.5 cm³/mol. The van der Waals surface area contributed by atoms with Gasteiger partial charge in [0.15, 0.2) is 14.9 Å². The van der Waals surface area contributed by atoms with Crippen LogP contribution in [0.1, 0.15) is 11.1 Å². The fourth-order valence-corrected chi connectivity index (χ4v) is 2.85. The number of aromatic nitrogens is 1. The summed E-state index contributed by atoms with van der Waals surface area (Å²) in [4.78, 5) is 3.95. The number of sulfone groups is 1. The van der Waals surface area contributed by atoms with Crippen molar-refractivity contribution in [1.82, 2.24) is 4.98 Å². The van der Waals surface area contributed by atoms with Gasteiger partial charge in [-0.2, -0.15) is 0 Å². The van der Waals surface area contributed by atoms with E-state index in [0.29, 0.717) is 6.54 Å². The molecule has 2 N–H and O–H groups in total. The lowest BCUT2D eigenvalue weighted by Crippen LogP contribution is -2.08. The first kappa shape index (κ1) is 12.7. The molecule has 0 fully saturated rings. The second-order valence-electron chi connectivity index (χ2n) is 3.95. The summed E-state index contributed by atoms with van der Waals surface area (Å²) in [6.07, 6.45) is 1.50. The van der Waals surface area contributed by atoms with E-state index in [1.165, 1.54) is 12.3 Å². The minimum Gasteiger partial charge on any atom is -0.326 e. The zero-order valence-electron chi connectivity index (χ0n) is 9.78. The van der Waals surface area contributed by atoms with Crippen LogP contribution < -0.4 is 5.73 Å². The molecular weight excluding hydrogens is 248 g/mol. The zero-order valence-corrected chi connectivity index (χ0v) is 10.6. The monoisotopic (exact) mass is 262 g/mol. The Bertz CT molecular complexity index is 607. The van der Waals surface area contributed by atoms with E-state index >= 15 is 0 Å². The Balaban J connectivity index is 2.25. The number of hydrogen-bond acceptors (Lipinski definition) is 4. The molecule has 1 aromatic heterocycles. The van der Waals surface area contributed by atoms with Gasteiger partial charge in [0.25, 0.3) is 0 Å². The van der Waals surface area contributed by atoms with Crippen molar-refractivity contribution in [2.75, 3.05) is 0 Å². The van der Waals surface area contributed by atoms with Gasteiger partial charge in [0.1, 0.15) is 0 Å². The van der Waals surface area contributed by atoms with E-state index in [2.05, 4.69) is 4.98 Å². The molecule has 2 rings (SSSR count). The fourth-order valence-electron chi connectivity index (χ4n) is 1.58. The smallest absolute Gasteiger partial charge is 0.199 e. The van der Waals surface area contributed by atoms with E-state index in [9.17, 15) is 8.42 Å². The molecule has 0 aliphatic rings. The van der Waals surface area contributed by atoms with Gasteiger partial charge in [0, 0.05) is 12.7 Å². The van der Waals surface area contributed by atoms with E-state index in [0.717, 1.165) is 11.1 Å². The number of pyridine rings is 1. The standard InChI is InChI=1S/C13H14N2O2S/c14-8-12-6-7-13(15-9-12)18(16,17)10-11-4-2-1-3-5-11/h1-7,9H,8,10,14H2. The molecule has 0 amide bonds. The van der Waals surface area contributed by atoms with Gasteiger partial charge in [-0.15, -0.1) is 0 Å². The van der Waals surface area contributed by atoms with Gasteiger partial charge in [-0.3, -0.25) is 0 Å². The lowest BCUT2D eigenvalue weighted by molar-refractivity contribution is 0.591. The first-order chi connectivity index (χ1) is 8.62. The maximum absolute atomic E-state index is 12.1. The Labute approximate surface area is 106 Å². The highest BCUT2D eigenvalue weighted by atomic mass is 32.2. The third kappa shape index (κ3) is 2.94. The average molecular weight is 262 g/mol. The van der Waals surface area contributed by atoms with E-state index in [1.54, 1.807) is 18.2 Å². The molecule has 1 heterocycles. The van der Waals surface area contributed by atoms with Crippen LogP contribution in [0.15, 0.2) is 53.7 Å². The Morgan fingerprint density at radius 2 is 1.72 bits per heavy atom. The summed E-state index contributed by atoms with van der Waals surface area (Å²) in [6, 6.07) is 12.2. The summed E-state index contributed by atoms with van der Waals surface area (Å²) in [6.45, 7) is 0.353. The van der Waals surface area contributed by atoms with Crippen molar-refractivity contribution in [3.8, 4) is 0 Å². The molecule has 0 saturated carbocycles. The first-order valence-corrected chi connectivity index (χ1v) is 7.19. The Morgan fingerprint density at radius 1 is 1.00 bits per heavy atom. The van der Waals surface area contributed by atoms with Crippen molar-refractivity contribution in [1.29, 1.82) is 0 Å². The zero-order chi connectivity index (χ0) is 13.0. The molecule has 0 spiro atoms. The lowest BCUT2D eigenvalue weighted by Gasteiger charge is -2.04. The van der Waals surface area contributed by atoms with E-state index in [1.807, 2.05) is 18.2 Å². The third-order valence-electron chi connectivity index (χ3n) is 2.55. The SMILES string of the molecule is NCc1ccc(S(=O)(=O)Cc2ccccc2)nc1. The molecule has 5 heteroatoms. The average Bonchev–Trinajstić information content (AvgIpc) is 2.39. The van der Waals surface area contributed by atoms with Crippen LogP contribution in [0.4, 0.5) is 0 Å². The summed E-state index contributed by atoms with van der Waals surface area (Å²) in [7, 11) is -3.39. The van der Waals surface area contributed by atoms with Gasteiger partial charge in [0.05, 0.1) is 5.75 Å². The van der Waals surface area contributed by atoms with Gasteiger partial charge in [-0.25, -0.2) is 13.4 Å². The van der Waals surface area contributed by atoms with Crippen molar-refractivity contribution >= 4 is 9.84 Å². The van der Waals surface area contributed by atoms with Crippen molar-refractivity contribution in [3.05, 3.63) is 59.8 Å². The molecule has 94 valence electrons. The Morgan fingerprint density at radius 3 is 2.28 bits per heavy atom. The number of rotatable bonds is 4. The van der Waals surface area contributed by atoms with Gasteiger partial charge < -0.3 is 5.73 Å². The van der Waals surface area contributed by atoms with Gasteiger partial charge in [0.2, 0.25) is 0 Å². The van der Waals surface area contributed by atoms with Crippen molar-refractivity contribution in [2.24, 2.45) is 5.73 Å². The highest BCUT2D eigenvalue weighted by Crippen LogP contribution is 2.14. The molecule has 0 saturated heterocycles. The van der Waals surface area contributed by atoms with Crippen LogP contribution in [-0.4, -0.2) is 13.4 Å². The molecule has 4 nitrogen and oxygen atoms in total. The third-order valence-corrected chi connectivity index (χ3v) is 4.14. The quantitative estimate of drug-likeness (QED) is 0.906. The maximum atomic E-state index is 12.1. The molecular formula is C13H14N2O2S. The number of nitrogens with two attached hydrogens (primary N) is 1. The second-order valence-corrected chi connectivity index (χ2v) is 5.89. The largest absolute Gasteiger partial charge is 0.326 e. The fraction of sp³-hybridized carbons (Fsp3) is 0.154. The van der Waals surface area contributed by atoms with E-state index < -0.39 is 9.84 Å². The Hall–Kier alpha value is -1.72. The van der Waals surface area contributed by atoms with E-state index in [4.69, 9.17) is 5.73 Å². The van der Waals surface area contributed by atoms with Crippen LogP contribution in [0.3, 0.4) is 0 Å². The Kier molecular flexibility index (Phi) is 3.74. The van der Waals surface area contributed by atoms with Crippen LogP contribution in [-0.2, 0) is 22.1 Å². The highest BCUT2D eigenvalue weighted by molar-refractivity contribution is 7.90. The molecule has 0 bridgehead atoms. The minimum absolute atomic E-state index is 0.0389. The number of hydrogen-bond donors (Lipinski definition) is 1. The molecule has 0 aliphatic heterocycles. The summed E-state index contributed by atoms with van der Waals surface area (Å²) in [5, 5.41) is 0.0866. The van der Waals surface area contributed by atoms with Gasteiger partial charge in [-0.05, 0) is 17.2 Å². The molecule has 2 aromatic rings. The van der Waals surface area contributed by atoms with Crippen molar-refractivity contribution in [3.63, 3.8) is 0 Å². The molecule has 0 atom stereocenters. The normalized spacial score (nSPS) is 11.4. The van der Waals surface area contributed by atoms with Gasteiger partial charge >= 0.3 is 0 Å². The summed E-state index contributed by atoms with van der Waals surface area (Å²) in [5.41, 5.74) is 7.01. The van der Waals surface area contributed by atoms with Crippen molar-refractivity contribution < 1.29 is 8.42 Å². The summed E-state index contributed by atoms with van der Waals surface area (Å²) < 4.78 is 24.2. The van der Waals surface area contributed by atoms with E-state index in [-0.39, 0.29) is 10.8 Å². The molecule has 0 radical (unpaired) electrons. The lowest BCUT2D eigenvalue weighted by atomic mass is 10.2. The van der Waals surface area contributed by atoms with Crippen molar-refractivity contribution in [2.45, 2.75) is 17.3 Å². The van der Waals surface area contributed by atoms with Crippen LogP contribution in [0.5, 0.6) is 0 Å². The maximum Gasteiger partial charge on any atom is 0.199 e.